The minimum Gasteiger partial charge on any atom is -0.476 e. The van der Waals surface area contributed by atoms with Crippen LogP contribution >= 0.6 is 0 Å². The van der Waals surface area contributed by atoms with Gasteiger partial charge in [-0.05, 0) is 19.3 Å². The number of amides is 2. The number of nitrogens with zero attached hydrogens (tertiary/aromatic N) is 3. The first-order valence-corrected chi connectivity index (χ1v) is 6.91. The van der Waals surface area contributed by atoms with Gasteiger partial charge >= 0.3 is 12.0 Å². The lowest BCUT2D eigenvalue weighted by molar-refractivity contribution is 0.0691. The molecule has 0 atom stereocenters. The maximum Gasteiger partial charge on any atom is 0.356 e. The second kappa shape index (κ2) is 6.40. The van der Waals surface area contributed by atoms with Gasteiger partial charge in [0.2, 0.25) is 0 Å². The van der Waals surface area contributed by atoms with Crippen molar-refractivity contribution in [2.24, 2.45) is 0 Å². The van der Waals surface area contributed by atoms with E-state index in [9.17, 15) is 9.59 Å². The van der Waals surface area contributed by atoms with Gasteiger partial charge in [-0.2, -0.15) is 0 Å². The Balaban J connectivity index is 1.76. The number of nitrogens with one attached hydrogen (secondary N) is 1. The molecule has 7 heteroatoms. The predicted molar refractivity (Wildman–Crippen MR) is 72.6 cm³/mol. The Morgan fingerprint density at radius 3 is 2.85 bits per heavy atom. The molecule has 0 spiro atoms. The molecule has 1 fully saturated rings. The van der Waals surface area contributed by atoms with Gasteiger partial charge in [0, 0.05) is 31.9 Å². The van der Waals surface area contributed by atoms with E-state index in [2.05, 4.69) is 17.2 Å². The van der Waals surface area contributed by atoms with Crippen molar-refractivity contribution in [2.45, 2.75) is 38.8 Å². The Bertz CT molecular complexity index is 482. The number of carbonyl (C=O) groups excluding carboxylic acids is 1. The third kappa shape index (κ3) is 3.72. The molecule has 0 unspecified atom stereocenters. The van der Waals surface area contributed by atoms with E-state index in [4.69, 9.17) is 5.11 Å². The number of rotatable bonds is 7. The zero-order valence-corrected chi connectivity index (χ0v) is 11.6. The van der Waals surface area contributed by atoms with Gasteiger partial charge in [-0.3, -0.25) is 0 Å². The summed E-state index contributed by atoms with van der Waals surface area (Å²) in [5, 5.41) is 11.6. The minimum absolute atomic E-state index is 0.0157. The molecule has 110 valence electrons. The van der Waals surface area contributed by atoms with Crippen LogP contribution in [0.25, 0.3) is 0 Å². The third-order valence-corrected chi connectivity index (χ3v) is 3.21. The molecule has 2 rings (SSSR count). The van der Waals surface area contributed by atoms with Crippen molar-refractivity contribution in [3.63, 3.8) is 0 Å². The van der Waals surface area contributed by atoms with Gasteiger partial charge in [0.05, 0.1) is 6.33 Å². The third-order valence-electron chi connectivity index (χ3n) is 3.21. The van der Waals surface area contributed by atoms with Crippen molar-refractivity contribution in [3.05, 3.63) is 18.2 Å². The van der Waals surface area contributed by atoms with E-state index in [0.717, 1.165) is 25.8 Å². The van der Waals surface area contributed by atoms with Crippen LogP contribution in [0.2, 0.25) is 0 Å². The molecule has 20 heavy (non-hydrogen) atoms. The zero-order chi connectivity index (χ0) is 14.5. The van der Waals surface area contributed by atoms with Gasteiger partial charge < -0.3 is 19.9 Å². The molecular weight excluding hydrogens is 260 g/mol. The highest BCUT2D eigenvalue weighted by molar-refractivity contribution is 5.84. The minimum atomic E-state index is -1.05. The van der Waals surface area contributed by atoms with E-state index in [1.165, 1.54) is 12.5 Å². The molecular formula is C13H20N4O3. The number of hydrogen-bond acceptors (Lipinski definition) is 3. The fourth-order valence-corrected chi connectivity index (χ4v) is 2.06. The molecule has 0 radical (unpaired) electrons. The van der Waals surface area contributed by atoms with E-state index in [1.54, 1.807) is 4.57 Å². The summed E-state index contributed by atoms with van der Waals surface area (Å²) in [5.41, 5.74) is 0.0157. The Labute approximate surface area is 117 Å². The quantitative estimate of drug-likeness (QED) is 0.784. The van der Waals surface area contributed by atoms with Crippen molar-refractivity contribution < 1.29 is 14.7 Å². The Morgan fingerprint density at radius 2 is 2.30 bits per heavy atom. The SMILES string of the molecule is CCCN(C(=O)NCCn1cnc(C(=O)O)c1)C1CC1. The van der Waals surface area contributed by atoms with Crippen molar-refractivity contribution in [1.82, 2.24) is 19.8 Å². The number of carboxylic acid groups (broad SMARTS) is 1. The highest BCUT2D eigenvalue weighted by Gasteiger charge is 2.31. The van der Waals surface area contributed by atoms with Gasteiger partial charge in [-0.15, -0.1) is 0 Å². The van der Waals surface area contributed by atoms with Crippen LogP contribution < -0.4 is 5.32 Å². The highest BCUT2D eigenvalue weighted by atomic mass is 16.4. The summed E-state index contributed by atoms with van der Waals surface area (Å²) in [7, 11) is 0. The molecule has 0 aliphatic heterocycles. The highest BCUT2D eigenvalue weighted by Crippen LogP contribution is 2.26. The average molecular weight is 280 g/mol. The van der Waals surface area contributed by atoms with Crippen LogP contribution in [0.5, 0.6) is 0 Å². The van der Waals surface area contributed by atoms with Crippen LogP contribution in [0.3, 0.4) is 0 Å². The monoisotopic (exact) mass is 280 g/mol. The average Bonchev–Trinajstić information content (AvgIpc) is 3.13. The number of aromatic nitrogens is 2. The summed E-state index contributed by atoms with van der Waals surface area (Å²) < 4.78 is 1.66. The number of carboxylic acids is 1. The van der Waals surface area contributed by atoms with Gasteiger partial charge in [0.15, 0.2) is 5.69 Å². The fraction of sp³-hybridized carbons (Fsp3) is 0.615. The molecule has 2 amide bonds. The fourth-order valence-electron chi connectivity index (χ4n) is 2.06. The molecule has 1 aromatic heterocycles. The van der Waals surface area contributed by atoms with E-state index >= 15 is 0 Å². The van der Waals surface area contributed by atoms with Gasteiger partial charge in [0.25, 0.3) is 0 Å². The largest absolute Gasteiger partial charge is 0.476 e. The maximum absolute atomic E-state index is 12.0. The number of carbonyl (C=O) groups is 2. The van der Waals surface area contributed by atoms with E-state index in [-0.39, 0.29) is 11.7 Å². The second-order valence-corrected chi connectivity index (χ2v) is 4.96. The van der Waals surface area contributed by atoms with Gasteiger partial charge in [-0.25, -0.2) is 14.6 Å². The van der Waals surface area contributed by atoms with Gasteiger partial charge in [0.1, 0.15) is 0 Å². The van der Waals surface area contributed by atoms with Crippen molar-refractivity contribution in [3.8, 4) is 0 Å². The van der Waals surface area contributed by atoms with Crippen molar-refractivity contribution in [1.29, 1.82) is 0 Å². The lowest BCUT2D eigenvalue weighted by Gasteiger charge is -2.22. The lowest BCUT2D eigenvalue weighted by atomic mass is 10.4. The number of imidazole rings is 1. The van der Waals surface area contributed by atoms with Gasteiger partial charge in [-0.1, -0.05) is 6.92 Å². The topological polar surface area (TPSA) is 87.5 Å². The van der Waals surface area contributed by atoms with Crippen LogP contribution in [-0.2, 0) is 6.54 Å². The lowest BCUT2D eigenvalue weighted by Crippen LogP contribution is -2.42. The second-order valence-electron chi connectivity index (χ2n) is 4.96. The number of urea groups is 1. The van der Waals surface area contributed by atoms with Crippen LogP contribution in [0.4, 0.5) is 4.79 Å². The summed E-state index contributed by atoms with van der Waals surface area (Å²) in [4.78, 5) is 28.3. The molecule has 0 saturated heterocycles. The number of aromatic carboxylic acids is 1. The summed E-state index contributed by atoms with van der Waals surface area (Å²) in [6.45, 7) is 3.81. The van der Waals surface area contributed by atoms with E-state index < -0.39 is 5.97 Å². The van der Waals surface area contributed by atoms with Crippen LogP contribution in [0, 0.1) is 0 Å². The van der Waals surface area contributed by atoms with Crippen molar-refractivity contribution in [2.75, 3.05) is 13.1 Å². The van der Waals surface area contributed by atoms with Crippen LogP contribution in [-0.4, -0.2) is 50.7 Å². The first-order valence-electron chi connectivity index (χ1n) is 6.91. The van der Waals surface area contributed by atoms with Crippen LogP contribution in [0.15, 0.2) is 12.5 Å². The molecule has 1 aliphatic rings. The molecule has 1 heterocycles. The van der Waals surface area contributed by atoms with E-state index in [0.29, 0.717) is 19.1 Å². The zero-order valence-electron chi connectivity index (χ0n) is 11.6. The molecule has 1 aromatic rings. The Hall–Kier alpha value is -2.05. The molecule has 0 aromatic carbocycles. The molecule has 1 saturated carbocycles. The predicted octanol–water partition coefficient (Wildman–Crippen LogP) is 1.17. The molecule has 2 N–H and O–H groups in total. The molecule has 7 nitrogen and oxygen atoms in total. The smallest absolute Gasteiger partial charge is 0.356 e. The summed E-state index contributed by atoms with van der Waals surface area (Å²) in [6, 6.07) is 0.370. The maximum atomic E-state index is 12.0. The Kier molecular flexibility index (Phi) is 4.60. The standard InChI is InChI=1S/C13H20N4O3/c1-2-6-17(10-3-4-10)13(20)14-5-7-16-8-11(12(18)19)15-9-16/h8-10H,2-7H2,1H3,(H,14,20)(H,18,19). The first kappa shape index (κ1) is 14.4. The van der Waals surface area contributed by atoms with Crippen LogP contribution in [0.1, 0.15) is 36.7 Å². The normalized spacial score (nSPS) is 14.1. The molecule has 1 aliphatic carbocycles. The summed E-state index contributed by atoms with van der Waals surface area (Å²) in [5.74, 6) is -1.05. The number of hydrogen-bond donors (Lipinski definition) is 2. The van der Waals surface area contributed by atoms with E-state index in [1.807, 2.05) is 4.90 Å². The summed E-state index contributed by atoms with van der Waals surface area (Å²) in [6.07, 6.45) is 6.06. The van der Waals surface area contributed by atoms with Crippen molar-refractivity contribution >= 4 is 12.0 Å². The Morgan fingerprint density at radius 1 is 1.55 bits per heavy atom. The summed E-state index contributed by atoms with van der Waals surface area (Å²) >= 11 is 0. The molecule has 0 bridgehead atoms. The first-order chi connectivity index (χ1) is 9.61.